The van der Waals surface area contributed by atoms with Crippen LogP contribution in [-0.4, -0.2) is 46.7 Å². The lowest BCUT2D eigenvalue weighted by molar-refractivity contribution is -0.123. The Hall–Kier alpha value is -2.01. The van der Waals surface area contributed by atoms with Crippen LogP contribution in [-0.2, 0) is 18.4 Å². The highest BCUT2D eigenvalue weighted by atomic mass is 32.2. The molecular weight excluding hydrogens is 645 g/mol. The zero-order valence-electron chi connectivity index (χ0n) is 31.1. The van der Waals surface area contributed by atoms with Crippen LogP contribution in [0.5, 0.6) is 0 Å². The summed E-state index contributed by atoms with van der Waals surface area (Å²) in [5.74, 6) is 0. The van der Waals surface area contributed by atoms with Crippen molar-refractivity contribution in [1.29, 1.82) is 0 Å². The zero-order chi connectivity index (χ0) is 35.1. The van der Waals surface area contributed by atoms with Crippen molar-refractivity contribution >= 4 is 43.9 Å². The van der Waals surface area contributed by atoms with Gasteiger partial charge in [0.15, 0.2) is 5.12 Å². The van der Waals surface area contributed by atoms with Gasteiger partial charge in [0.2, 0.25) is 8.32 Å². The molecule has 0 aromatic heterocycles. The molecule has 1 aliphatic heterocycles. The van der Waals surface area contributed by atoms with Crippen molar-refractivity contribution in [3.8, 4) is 0 Å². The van der Waals surface area contributed by atoms with Crippen LogP contribution in [0.15, 0.2) is 89.8 Å². The van der Waals surface area contributed by atoms with E-state index in [1.807, 2.05) is 12.1 Å². The Kier molecular flexibility index (Phi) is 13.6. The molecule has 3 aromatic rings. The van der Waals surface area contributed by atoms with Crippen molar-refractivity contribution in [2.24, 2.45) is 0 Å². The van der Waals surface area contributed by atoms with E-state index in [4.69, 9.17) is 13.6 Å². The van der Waals surface area contributed by atoms with E-state index in [0.29, 0.717) is 29.7 Å². The molecule has 0 bridgehead atoms. The summed E-state index contributed by atoms with van der Waals surface area (Å²) in [7, 11) is -4.79. The molecule has 0 N–H and O–H groups in total. The van der Waals surface area contributed by atoms with E-state index in [9.17, 15) is 4.79 Å². The van der Waals surface area contributed by atoms with Gasteiger partial charge in [-0.25, -0.2) is 0 Å². The average Bonchev–Trinajstić information content (AvgIpc) is 3.02. The van der Waals surface area contributed by atoms with Crippen molar-refractivity contribution in [3.63, 3.8) is 0 Å². The van der Waals surface area contributed by atoms with Crippen molar-refractivity contribution < 1.29 is 18.4 Å². The first-order valence-corrected chi connectivity index (χ1v) is 22.9. The maximum Gasteiger partial charge on any atom is 0.261 e. The molecule has 1 heterocycles. The fraction of sp³-hybridized carbons (Fsp3) is 0.537. The highest BCUT2D eigenvalue weighted by Gasteiger charge is 2.51. The van der Waals surface area contributed by atoms with E-state index in [2.05, 4.69) is 142 Å². The smallest absolute Gasteiger partial charge is 0.261 e. The summed E-state index contributed by atoms with van der Waals surface area (Å²) in [5, 5.41) is 2.63. The number of ether oxygens (including phenoxy) is 1. The molecule has 0 aliphatic carbocycles. The molecule has 1 aliphatic rings. The minimum Gasteiger partial charge on any atom is -0.413 e. The van der Waals surface area contributed by atoms with Gasteiger partial charge in [0, 0.05) is 17.9 Å². The molecule has 1 fully saturated rings. The minimum absolute atomic E-state index is 0.0395. The molecular formula is C41H60O4SSi2. The van der Waals surface area contributed by atoms with Crippen molar-refractivity contribution in [3.05, 3.63) is 90.5 Å². The summed E-state index contributed by atoms with van der Waals surface area (Å²) >= 11 is 1.33. The molecule has 3 aromatic carbocycles. The number of benzene rings is 3. The third-order valence-electron chi connectivity index (χ3n) is 10.3. The van der Waals surface area contributed by atoms with E-state index >= 15 is 0 Å². The van der Waals surface area contributed by atoms with E-state index < -0.39 is 16.6 Å². The summed E-state index contributed by atoms with van der Waals surface area (Å²) in [6, 6.07) is 29.8. The summed E-state index contributed by atoms with van der Waals surface area (Å²) in [6.45, 7) is 23.7. The van der Waals surface area contributed by atoms with Gasteiger partial charge in [-0.05, 0) is 70.4 Å². The second-order valence-electron chi connectivity index (χ2n) is 15.7. The third kappa shape index (κ3) is 9.01. The average molecular weight is 705 g/mol. The molecule has 4 nitrogen and oxygen atoms in total. The number of hydrogen-bond acceptors (Lipinski definition) is 5. The van der Waals surface area contributed by atoms with E-state index in [1.165, 1.54) is 27.7 Å². The predicted octanol–water partition coefficient (Wildman–Crippen LogP) is 10.1. The topological polar surface area (TPSA) is 44.8 Å². The molecule has 48 heavy (non-hydrogen) atoms. The lowest BCUT2D eigenvalue weighted by Crippen LogP contribution is -2.66. The Bertz CT molecular complexity index is 1360. The van der Waals surface area contributed by atoms with Crippen LogP contribution < -0.4 is 10.4 Å². The van der Waals surface area contributed by atoms with Crippen LogP contribution in [0.4, 0.5) is 0 Å². The van der Waals surface area contributed by atoms with Crippen molar-refractivity contribution in [2.75, 3.05) is 6.61 Å². The zero-order valence-corrected chi connectivity index (χ0v) is 33.9. The maximum absolute atomic E-state index is 13.4. The molecule has 0 amide bonds. The monoisotopic (exact) mass is 704 g/mol. The fourth-order valence-corrected chi connectivity index (χ4v) is 19.2. The molecule has 7 heteroatoms. The third-order valence-corrected chi connectivity index (χ3v) is 22.4. The SMILES string of the molecule is Cc1ccc(SC(=O)C[C@H]2C[C@@H](O[Si](C(C)C)(C(C)C)C(C)C)C[C@@H](CCO[Si](c3ccccc3)(c3ccccc3)C(C)(C)C)O2)cc1. The van der Waals surface area contributed by atoms with Crippen LogP contribution in [0.2, 0.25) is 21.7 Å². The van der Waals surface area contributed by atoms with Crippen molar-refractivity contribution in [2.45, 2.75) is 140 Å². The largest absolute Gasteiger partial charge is 0.413 e. The van der Waals surface area contributed by atoms with E-state index in [1.54, 1.807) is 0 Å². The summed E-state index contributed by atoms with van der Waals surface area (Å²) < 4.78 is 21.5. The normalized spacial score (nSPS) is 19.3. The molecule has 1 saturated heterocycles. The standard InChI is InChI=1S/C41H60O4SSi2/c1-30(2)47(31(3)4,32(5)6)45-36-27-34(44-35(28-36)29-40(42)46-37-23-21-33(7)22-24-37)25-26-43-48(41(8,9)10,38-17-13-11-14-18-38)39-19-15-12-16-20-39/h11-24,30-32,34-36H,25-29H2,1-10H3/t34-,35-,36+/m1/s1. The van der Waals surface area contributed by atoms with E-state index in [-0.39, 0.29) is 28.5 Å². The highest BCUT2D eigenvalue weighted by molar-refractivity contribution is 8.13. The predicted molar refractivity (Wildman–Crippen MR) is 209 cm³/mol. The molecule has 4 rings (SSSR count). The van der Waals surface area contributed by atoms with Crippen molar-refractivity contribution in [1.82, 2.24) is 0 Å². The Labute approximate surface area is 298 Å². The highest BCUT2D eigenvalue weighted by Crippen LogP contribution is 2.45. The molecule has 0 spiro atoms. The number of rotatable bonds is 14. The van der Waals surface area contributed by atoms with Gasteiger partial charge in [-0.15, -0.1) is 0 Å². The lowest BCUT2D eigenvalue weighted by Gasteiger charge is -2.47. The van der Waals surface area contributed by atoms with E-state index in [0.717, 1.165) is 24.2 Å². The summed E-state index contributed by atoms with van der Waals surface area (Å²) in [6.07, 6.45) is 2.59. The molecule has 262 valence electrons. The van der Waals surface area contributed by atoms with Crippen LogP contribution in [0.25, 0.3) is 0 Å². The summed E-state index contributed by atoms with van der Waals surface area (Å²) in [4.78, 5) is 14.4. The number of carbonyl (C=O) groups excluding carboxylic acids is 1. The summed E-state index contributed by atoms with van der Waals surface area (Å²) in [5.41, 5.74) is 2.68. The Balaban J connectivity index is 1.58. The molecule has 3 atom stereocenters. The number of aryl methyl sites for hydroxylation is 1. The van der Waals surface area contributed by atoms with Gasteiger partial charge in [-0.2, -0.15) is 0 Å². The second kappa shape index (κ2) is 16.8. The maximum atomic E-state index is 13.4. The van der Waals surface area contributed by atoms with Gasteiger partial charge in [0.05, 0.1) is 18.3 Å². The van der Waals surface area contributed by atoms with Crippen LogP contribution in [0.1, 0.15) is 93.6 Å². The van der Waals surface area contributed by atoms with Crippen LogP contribution in [0, 0.1) is 6.92 Å². The first-order valence-electron chi connectivity index (χ1n) is 18.0. The first-order chi connectivity index (χ1) is 22.7. The first kappa shape index (κ1) is 38.8. The van der Waals surface area contributed by atoms with Gasteiger partial charge in [0.1, 0.15) is 0 Å². The Morgan fingerprint density at radius 3 is 1.77 bits per heavy atom. The fourth-order valence-electron chi connectivity index (χ4n) is 8.25. The molecule has 0 unspecified atom stereocenters. The number of hydrogen-bond donors (Lipinski definition) is 0. The second-order valence-corrected chi connectivity index (χ2v) is 26.5. The van der Waals surface area contributed by atoms with Crippen LogP contribution >= 0.6 is 11.8 Å². The molecule has 0 radical (unpaired) electrons. The number of thioether (sulfide) groups is 1. The Morgan fingerprint density at radius 2 is 1.29 bits per heavy atom. The van der Waals surface area contributed by atoms with Gasteiger partial charge in [0.25, 0.3) is 8.32 Å². The van der Waals surface area contributed by atoms with Gasteiger partial charge in [-0.1, -0.05) is 152 Å². The van der Waals surface area contributed by atoms with Gasteiger partial charge < -0.3 is 13.6 Å². The number of carbonyl (C=O) groups is 1. The lowest BCUT2D eigenvalue weighted by atomic mass is 9.98. The Morgan fingerprint density at radius 1 is 0.792 bits per heavy atom. The van der Waals surface area contributed by atoms with Crippen LogP contribution in [0.3, 0.4) is 0 Å². The quantitative estimate of drug-likeness (QED) is 0.124. The van der Waals surface area contributed by atoms with Gasteiger partial charge in [-0.3, -0.25) is 4.79 Å². The molecule has 0 saturated carbocycles. The minimum atomic E-state index is -2.66. The van der Waals surface area contributed by atoms with Gasteiger partial charge >= 0.3 is 0 Å².